The average molecular weight is 466 g/mol. The Balaban J connectivity index is 0.00000231. The van der Waals surface area contributed by atoms with E-state index in [-0.39, 0.29) is 23.6 Å². The number of aromatic nitrogens is 4. The fourth-order valence-electron chi connectivity index (χ4n) is 4.57. The predicted octanol–water partition coefficient (Wildman–Crippen LogP) is 3.81. The van der Waals surface area contributed by atoms with Crippen molar-refractivity contribution in [3.63, 3.8) is 0 Å². The zero-order chi connectivity index (χ0) is 20.9. The number of nitrogens with zero attached hydrogens (tertiary/aromatic N) is 5. The Kier molecular flexibility index (Phi) is 5.81. The number of hydrogen-bond acceptors (Lipinski definition) is 6. The van der Waals surface area contributed by atoms with Gasteiger partial charge < -0.3 is 14.4 Å². The second-order valence-corrected chi connectivity index (χ2v) is 8.21. The molecular formula is C21H22Cl2FN5O2. The minimum atomic E-state index is -0.317. The summed E-state index contributed by atoms with van der Waals surface area (Å²) in [6, 6.07) is 8.41. The Morgan fingerprint density at radius 2 is 2.06 bits per heavy atom. The molecule has 1 aromatic carbocycles. The summed E-state index contributed by atoms with van der Waals surface area (Å²) in [5.41, 5.74) is 1.77. The van der Waals surface area contributed by atoms with Crippen molar-refractivity contribution in [2.45, 2.75) is 18.4 Å². The highest BCUT2D eigenvalue weighted by molar-refractivity contribution is 6.31. The largest absolute Gasteiger partial charge is 0.481 e. The van der Waals surface area contributed by atoms with Crippen LogP contribution in [-0.4, -0.2) is 47.1 Å². The summed E-state index contributed by atoms with van der Waals surface area (Å²) >= 11 is 6.39. The van der Waals surface area contributed by atoms with E-state index >= 15 is 0 Å². The number of halogens is 3. The summed E-state index contributed by atoms with van der Waals surface area (Å²) in [6.07, 6.45) is 2.77. The molecule has 0 bridgehead atoms. The minimum Gasteiger partial charge on any atom is -0.481 e. The molecule has 2 atom stereocenters. The summed E-state index contributed by atoms with van der Waals surface area (Å²) in [4.78, 5) is 6.53. The van der Waals surface area contributed by atoms with Gasteiger partial charge in [0.05, 0.1) is 19.0 Å². The third kappa shape index (κ3) is 3.62. The zero-order valence-corrected chi connectivity index (χ0v) is 18.7. The Hall–Kier alpha value is -2.42. The molecule has 2 aliphatic rings. The summed E-state index contributed by atoms with van der Waals surface area (Å²) in [5, 5.41) is 9.29. The van der Waals surface area contributed by atoms with E-state index in [1.807, 2.05) is 16.7 Å². The van der Waals surface area contributed by atoms with E-state index in [9.17, 15) is 4.39 Å². The summed E-state index contributed by atoms with van der Waals surface area (Å²) in [6.45, 7) is 1.91. The van der Waals surface area contributed by atoms with Gasteiger partial charge in [-0.2, -0.15) is 0 Å². The van der Waals surface area contributed by atoms with E-state index in [0.29, 0.717) is 29.3 Å². The van der Waals surface area contributed by atoms with Crippen molar-refractivity contribution in [3.05, 3.63) is 58.8 Å². The van der Waals surface area contributed by atoms with Crippen molar-refractivity contribution in [1.29, 1.82) is 0 Å². The predicted molar refractivity (Wildman–Crippen MR) is 117 cm³/mol. The van der Waals surface area contributed by atoms with Crippen LogP contribution in [0.15, 0.2) is 36.5 Å². The lowest BCUT2D eigenvalue weighted by atomic mass is 9.95. The van der Waals surface area contributed by atoms with Crippen molar-refractivity contribution in [3.8, 4) is 11.6 Å². The summed E-state index contributed by atoms with van der Waals surface area (Å²) in [5.74, 6) is 2.09. The van der Waals surface area contributed by atoms with Crippen LogP contribution in [0.4, 0.5) is 10.3 Å². The Labute approximate surface area is 190 Å². The number of ether oxygens (including phenoxy) is 2. The Morgan fingerprint density at radius 3 is 2.74 bits per heavy atom. The van der Waals surface area contributed by atoms with E-state index in [1.165, 1.54) is 12.1 Å². The third-order valence-electron chi connectivity index (χ3n) is 6.07. The quantitative estimate of drug-likeness (QED) is 0.551. The molecule has 5 rings (SSSR count). The van der Waals surface area contributed by atoms with Crippen molar-refractivity contribution >= 4 is 30.0 Å². The van der Waals surface area contributed by atoms with Crippen LogP contribution in [0.5, 0.6) is 5.88 Å². The molecule has 0 radical (unpaired) electrons. The van der Waals surface area contributed by atoms with Crippen molar-refractivity contribution < 1.29 is 13.9 Å². The first-order valence-corrected chi connectivity index (χ1v) is 10.1. The topological polar surface area (TPSA) is 65.3 Å². The average Bonchev–Trinajstić information content (AvgIpc) is 3.09. The van der Waals surface area contributed by atoms with Gasteiger partial charge in [-0.25, -0.2) is 9.37 Å². The van der Waals surface area contributed by atoms with Gasteiger partial charge in [0, 0.05) is 36.7 Å². The number of pyridine rings is 1. The van der Waals surface area contributed by atoms with Crippen molar-refractivity contribution in [2.75, 3.05) is 32.2 Å². The lowest BCUT2D eigenvalue weighted by Gasteiger charge is -2.23. The maximum absolute atomic E-state index is 13.5. The van der Waals surface area contributed by atoms with Crippen LogP contribution < -0.4 is 9.64 Å². The van der Waals surface area contributed by atoms with Crippen LogP contribution >= 0.6 is 24.0 Å². The fourth-order valence-corrected chi connectivity index (χ4v) is 4.93. The van der Waals surface area contributed by atoms with Gasteiger partial charge in [0.1, 0.15) is 12.4 Å². The van der Waals surface area contributed by atoms with Gasteiger partial charge in [0.15, 0.2) is 5.82 Å². The monoisotopic (exact) mass is 465 g/mol. The molecule has 0 amide bonds. The number of methoxy groups -OCH3 is 2. The molecular weight excluding hydrogens is 444 g/mol. The van der Waals surface area contributed by atoms with Gasteiger partial charge in [-0.15, -0.1) is 22.6 Å². The standard InChI is InChI=1S/C21H21ClFN5O2.ClH/c1-29-11-18-25-26-20(28(18)15-4-6-19(30-2)24-9-15)27-10-13-8-21(13,12-27)16-5-3-14(23)7-17(16)22;/h3-7,9,13H,8,10-12H2,1-2H3;1H/t13-,21-;/m0./s1. The first-order valence-electron chi connectivity index (χ1n) is 9.70. The summed E-state index contributed by atoms with van der Waals surface area (Å²) in [7, 11) is 3.21. The second kappa shape index (κ2) is 8.26. The fraction of sp³-hybridized carbons (Fsp3) is 0.381. The molecule has 1 aliphatic carbocycles. The molecule has 0 spiro atoms. The molecule has 1 aliphatic heterocycles. The molecule has 31 heavy (non-hydrogen) atoms. The number of piperidine rings is 1. The molecule has 7 nitrogen and oxygen atoms in total. The van der Waals surface area contributed by atoms with Gasteiger partial charge >= 0.3 is 0 Å². The molecule has 1 saturated heterocycles. The highest BCUT2D eigenvalue weighted by Crippen LogP contribution is 2.60. The normalized spacial score (nSPS) is 21.5. The third-order valence-corrected chi connectivity index (χ3v) is 6.38. The number of fused-ring (bicyclic) bond motifs is 1. The number of hydrogen-bond donors (Lipinski definition) is 0. The Morgan fingerprint density at radius 1 is 1.23 bits per heavy atom. The SMILES string of the molecule is COCc1nnc(N2C[C@@H]3C[C@]3(c3ccc(F)cc3Cl)C2)n1-c1ccc(OC)nc1.Cl. The van der Waals surface area contributed by atoms with Gasteiger partial charge in [0.25, 0.3) is 0 Å². The van der Waals surface area contributed by atoms with E-state index < -0.39 is 0 Å². The van der Waals surface area contributed by atoms with Crippen LogP contribution in [0.1, 0.15) is 17.8 Å². The molecule has 3 aromatic rings. The molecule has 2 fully saturated rings. The zero-order valence-electron chi connectivity index (χ0n) is 17.1. The maximum Gasteiger partial charge on any atom is 0.232 e. The molecule has 164 valence electrons. The smallest absolute Gasteiger partial charge is 0.232 e. The molecule has 0 unspecified atom stereocenters. The van der Waals surface area contributed by atoms with Crippen LogP contribution in [0.2, 0.25) is 5.02 Å². The Bertz CT molecular complexity index is 1090. The maximum atomic E-state index is 13.5. The lowest BCUT2D eigenvalue weighted by molar-refractivity contribution is 0.176. The van der Waals surface area contributed by atoms with Crippen LogP contribution in [-0.2, 0) is 16.8 Å². The van der Waals surface area contributed by atoms with Crippen molar-refractivity contribution in [2.24, 2.45) is 5.92 Å². The van der Waals surface area contributed by atoms with E-state index in [1.54, 1.807) is 26.5 Å². The lowest BCUT2D eigenvalue weighted by Crippen LogP contribution is -2.29. The first-order chi connectivity index (χ1) is 14.6. The van der Waals surface area contributed by atoms with E-state index in [0.717, 1.165) is 36.7 Å². The van der Waals surface area contributed by atoms with Gasteiger partial charge in [-0.3, -0.25) is 4.57 Å². The van der Waals surface area contributed by atoms with Gasteiger partial charge in [0.2, 0.25) is 11.8 Å². The first kappa shape index (κ1) is 21.8. The van der Waals surface area contributed by atoms with E-state index in [2.05, 4.69) is 20.1 Å². The molecule has 3 heterocycles. The van der Waals surface area contributed by atoms with Crippen LogP contribution in [0, 0.1) is 11.7 Å². The second-order valence-electron chi connectivity index (χ2n) is 7.81. The van der Waals surface area contributed by atoms with Gasteiger partial charge in [-0.05, 0) is 36.1 Å². The molecule has 1 saturated carbocycles. The van der Waals surface area contributed by atoms with Crippen LogP contribution in [0.25, 0.3) is 5.69 Å². The van der Waals surface area contributed by atoms with Gasteiger partial charge in [-0.1, -0.05) is 17.7 Å². The number of anilines is 1. The molecule has 10 heteroatoms. The number of rotatable bonds is 6. The summed E-state index contributed by atoms with van der Waals surface area (Å²) < 4.78 is 26.0. The van der Waals surface area contributed by atoms with Crippen LogP contribution in [0.3, 0.4) is 0 Å². The molecule has 2 aromatic heterocycles. The highest BCUT2D eigenvalue weighted by atomic mass is 35.5. The minimum absolute atomic E-state index is 0. The van der Waals surface area contributed by atoms with E-state index in [4.69, 9.17) is 21.1 Å². The number of benzene rings is 1. The highest BCUT2D eigenvalue weighted by Gasteiger charge is 2.62. The molecule has 0 N–H and O–H groups in total. The van der Waals surface area contributed by atoms with Crippen molar-refractivity contribution in [1.82, 2.24) is 19.7 Å².